The van der Waals surface area contributed by atoms with Crippen LogP contribution >= 0.6 is 11.3 Å². The Balaban J connectivity index is 1.28. The summed E-state index contributed by atoms with van der Waals surface area (Å²) in [7, 11) is 0. The fourth-order valence-electron chi connectivity index (χ4n) is 4.90. The number of Topliss-reactive ketones (excluding diaryl/α,β-unsaturated/α-hetero) is 1. The molecule has 2 aromatic heterocycles. The highest BCUT2D eigenvalue weighted by Crippen LogP contribution is 2.32. The maximum absolute atomic E-state index is 14.5. The van der Waals surface area contributed by atoms with Gasteiger partial charge < -0.3 is 9.80 Å². The van der Waals surface area contributed by atoms with Gasteiger partial charge in [0.1, 0.15) is 17.2 Å². The molecular formula is C25H27FN4O3S. The minimum atomic E-state index is -0.437. The van der Waals surface area contributed by atoms with Gasteiger partial charge in [-0.25, -0.2) is 9.37 Å². The zero-order valence-corrected chi connectivity index (χ0v) is 20.0. The summed E-state index contributed by atoms with van der Waals surface area (Å²) >= 11 is 1.61. The lowest BCUT2D eigenvalue weighted by molar-refractivity contribution is -0.132. The van der Waals surface area contributed by atoms with E-state index in [0.717, 1.165) is 36.1 Å². The number of fused-ring (bicyclic) bond motifs is 3. The summed E-state index contributed by atoms with van der Waals surface area (Å²) in [5, 5.41) is 0.687. The number of piperazine rings is 1. The highest BCUT2D eigenvalue weighted by atomic mass is 32.1. The van der Waals surface area contributed by atoms with E-state index in [1.165, 1.54) is 35.2 Å². The lowest BCUT2D eigenvalue weighted by atomic mass is 10.1. The number of benzene rings is 1. The molecule has 1 saturated heterocycles. The smallest absolute Gasteiger partial charge is 0.262 e. The molecule has 1 aliphatic carbocycles. The highest BCUT2D eigenvalue weighted by Gasteiger charge is 2.25. The largest absolute Gasteiger partial charge is 0.366 e. The van der Waals surface area contributed by atoms with Crippen LogP contribution in [0.5, 0.6) is 0 Å². The Hall–Kier alpha value is -3.07. The summed E-state index contributed by atoms with van der Waals surface area (Å²) in [4.78, 5) is 47.8. The topological polar surface area (TPSA) is 75.5 Å². The number of carbonyl (C=O) groups excluding carboxylic acids is 2. The number of aromatic nitrogens is 2. The van der Waals surface area contributed by atoms with E-state index < -0.39 is 5.82 Å². The molecule has 178 valence electrons. The first kappa shape index (κ1) is 22.7. The number of halogens is 1. The van der Waals surface area contributed by atoms with Crippen LogP contribution in [0.1, 0.15) is 47.0 Å². The van der Waals surface area contributed by atoms with Crippen LogP contribution in [0.15, 0.2) is 29.3 Å². The SMILES string of the molecule is CC(=O)c1ccc(N2CCN(C(=O)Cn3cnc4sc5c(c4c3=O)CCCCC5)CC2)c(F)c1. The van der Waals surface area contributed by atoms with Crippen LogP contribution in [-0.2, 0) is 24.2 Å². The molecule has 1 aromatic carbocycles. The van der Waals surface area contributed by atoms with Gasteiger partial charge in [0.25, 0.3) is 5.56 Å². The van der Waals surface area contributed by atoms with Gasteiger partial charge in [0.15, 0.2) is 5.78 Å². The zero-order chi connectivity index (χ0) is 23.8. The predicted octanol–water partition coefficient (Wildman–Crippen LogP) is 3.42. The van der Waals surface area contributed by atoms with Crippen molar-refractivity contribution in [2.75, 3.05) is 31.1 Å². The molecule has 3 heterocycles. The van der Waals surface area contributed by atoms with Crippen molar-refractivity contribution in [3.05, 3.63) is 56.7 Å². The van der Waals surface area contributed by atoms with Crippen molar-refractivity contribution in [1.82, 2.24) is 14.5 Å². The van der Waals surface area contributed by atoms with Gasteiger partial charge >= 0.3 is 0 Å². The Morgan fingerprint density at radius 3 is 2.59 bits per heavy atom. The van der Waals surface area contributed by atoms with Gasteiger partial charge in [0.2, 0.25) is 5.91 Å². The first-order chi connectivity index (χ1) is 16.4. The highest BCUT2D eigenvalue weighted by molar-refractivity contribution is 7.18. The van der Waals surface area contributed by atoms with E-state index in [0.29, 0.717) is 42.8 Å². The number of anilines is 1. The quantitative estimate of drug-likeness (QED) is 0.421. The van der Waals surface area contributed by atoms with Crippen LogP contribution in [0.4, 0.5) is 10.1 Å². The van der Waals surface area contributed by atoms with Crippen molar-refractivity contribution < 1.29 is 14.0 Å². The average Bonchev–Trinajstić information content (AvgIpc) is 3.03. The van der Waals surface area contributed by atoms with Crippen LogP contribution in [-0.4, -0.2) is 52.3 Å². The fourth-order valence-corrected chi connectivity index (χ4v) is 6.11. The van der Waals surface area contributed by atoms with Gasteiger partial charge in [0, 0.05) is 36.6 Å². The van der Waals surface area contributed by atoms with Crippen molar-refractivity contribution in [2.24, 2.45) is 0 Å². The molecule has 1 amide bonds. The Kier molecular flexibility index (Phi) is 6.20. The second-order valence-electron chi connectivity index (χ2n) is 9.01. The molecule has 0 unspecified atom stereocenters. The van der Waals surface area contributed by atoms with Crippen molar-refractivity contribution in [3.8, 4) is 0 Å². The number of hydrogen-bond acceptors (Lipinski definition) is 6. The summed E-state index contributed by atoms with van der Waals surface area (Å²) in [5.74, 6) is -0.757. The second-order valence-corrected chi connectivity index (χ2v) is 10.1. The number of aryl methyl sites for hydroxylation is 2. The van der Waals surface area contributed by atoms with Gasteiger partial charge in [0.05, 0.1) is 17.4 Å². The fraction of sp³-hybridized carbons (Fsp3) is 0.440. The van der Waals surface area contributed by atoms with Gasteiger partial charge in [-0.3, -0.25) is 19.0 Å². The molecule has 0 atom stereocenters. The molecule has 0 radical (unpaired) electrons. The maximum atomic E-state index is 14.5. The molecule has 1 fully saturated rings. The summed E-state index contributed by atoms with van der Waals surface area (Å²) in [6.07, 6.45) is 6.78. The molecule has 3 aromatic rings. The monoisotopic (exact) mass is 482 g/mol. The lowest BCUT2D eigenvalue weighted by Crippen LogP contribution is -2.50. The second kappa shape index (κ2) is 9.29. The number of ketones is 1. The van der Waals surface area contributed by atoms with Gasteiger partial charge in [-0.1, -0.05) is 6.42 Å². The van der Waals surface area contributed by atoms with E-state index in [2.05, 4.69) is 4.98 Å². The van der Waals surface area contributed by atoms with Gasteiger partial charge in [-0.15, -0.1) is 11.3 Å². The van der Waals surface area contributed by atoms with Gasteiger partial charge in [-0.05, 0) is 56.4 Å². The van der Waals surface area contributed by atoms with Crippen molar-refractivity contribution in [2.45, 2.75) is 45.6 Å². The molecular weight excluding hydrogens is 455 g/mol. The number of carbonyl (C=O) groups is 2. The molecule has 7 nitrogen and oxygen atoms in total. The number of thiophene rings is 1. The molecule has 5 rings (SSSR count). The third-order valence-electron chi connectivity index (χ3n) is 6.82. The Morgan fingerprint density at radius 1 is 1.09 bits per heavy atom. The lowest BCUT2D eigenvalue weighted by Gasteiger charge is -2.36. The molecule has 0 saturated carbocycles. The maximum Gasteiger partial charge on any atom is 0.262 e. The van der Waals surface area contributed by atoms with E-state index >= 15 is 0 Å². The summed E-state index contributed by atoms with van der Waals surface area (Å²) < 4.78 is 15.9. The van der Waals surface area contributed by atoms with Crippen LogP contribution in [0.25, 0.3) is 10.2 Å². The molecule has 0 N–H and O–H groups in total. The Bertz CT molecular complexity index is 1320. The third-order valence-corrected chi connectivity index (χ3v) is 8.02. The Morgan fingerprint density at radius 2 is 1.85 bits per heavy atom. The van der Waals surface area contributed by atoms with E-state index in [1.54, 1.807) is 28.4 Å². The average molecular weight is 483 g/mol. The first-order valence-corrected chi connectivity index (χ1v) is 12.6. The first-order valence-electron chi connectivity index (χ1n) is 11.8. The van der Waals surface area contributed by atoms with E-state index in [1.807, 2.05) is 4.90 Å². The van der Waals surface area contributed by atoms with Crippen molar-refractivity contribution in [3.63, 3.8) is 0 Å². The molecule has 2 aliphatic rings. The minimum Gasteiger partial charge on any atom is -0.366 e. The predicted molar refractivity (Wildman–Crippen MR) is 130 cm³/mol. The molecule has 9 heteroatoms. The molecule has 1 aliphatic heterocycles. The number of amides is 1. The standard InChI is InChI=1S/C25H27FN4O3S/c1-16(31)17-7-8-20(19(26)13-17)28-9-11-29(12-10-28)22(32)14-30-15-27-24-23(25(30)33)18-5-3-2-4-6-21(18)34-24/h7-8,13,15H,2-6,9-12,14H2,1H3. The minimum absolute atomic E-state index is 0.0476. The molecule has 0 spiro atoms. The third kappa shape index (κ3) is 4.24. The zero-order valence-electron chi connectivity index (χ0n) is 19.2. The summed E-state index contributed by atoms with van der Waals surface area (Å²) in [5.41, 5.74) is 1.77. The van der Waals surface area contributed by atoms with E-state index in [9.17, 15) is 18.8 Å². The van der Waals surface area contributed by atoms with Crippen LogP contribution in [0.2, 0.25) is 0 Å². The number of rotatable bonds is 4. The van der Waals surface area contributed by atoms with Crippen LogP contribution < -0.4 is 10.5 Å². The van der Waals surface area contributed by atoms with E-state index in [-0.39, 0.29) is 23.8 Å². The summed E-state index contributed by atoms with van der Waals surface area (Å²) in [6.45, 7) is 3.19. The molecule has 34 heavy (non-hydrogen) atoms. The van der Waals surface area contributed by atoms with Crippen molar-refractivity contribution in [1.29, 1.82) is 0 Å². The molecule has 0 bridgehead atoms. The van der Waals surface area contributed by atoms with Crippen LogP contribution in [0.3, 0.4) is 0 Å². The van der Waals surface area contributed by atoms with Gasteiger partial charge in [-0.2, -0.15) is 0 Å². The number of hydrogen-bond donors (Lipinski definition) is 0. The number of nitrogens with zero attached hydrogens (tertiary/aromatic N) is 4. The van der Waals surface area contributed by atoms with E-state index in [4.69, 9.17) is 0 Å². The summed E-state index contributed by atoms with van der Waals surface area (Å²) in [6, 6.07) is 4.50. The van der Waals surface area contributed by atoms with Crippen LogP contribution in [0, 0.1) is 5.82 Å². The van der Waals surface area contributed by atoms with Crippen molar-refractivity contribution >= 4 is 38.9 Å². The Labute approximate surface area is 200 Å². The normalized spacial score (nSPS) is 16.4.